The molecule has 0 unspecified atom stereocenters. The van der Waals surface area contributed by atoms with Crippen LogP contribution < -0.4 is 14.8 Å². The number of halogens is 3. The van der Waals surface area contributed by atoms with Crippen LogP contribution in [0.25, 0.3) is 11.1 Å². The molecule has 0 aliphatic heterocycles. The van der Waals surface area contributed by atoms with Crippen molar-refractivity contribution in [3.05, 3.63) is 113 Å². The summed E-state index contributed by atoms with van der Waals surface area (Å²) in [4.78, 5) is 17.3. The highest BCUT2D eigenvalue weighted by atomic mass is 32.2. The molecule has 2 N–H and O–H groups in total. The molecule has 0 aliphatic carbocycles. The van der Waals surface area contributed by atoms with E-state index in [1.807, 2.05) is 4.72 Å². The monoisotopic (exact) mass is 569 g/mol. The molecule has 0 spiro atoms. The Kier molecular flexibility index (Phi) is 8.73. The summed E-state index contributed by atoms with van der Waals surface area (Å²) in [6.45, 7) is 3.58. The summed E-state index contributed by atoms with van der Waals surface area (Å²) in [6.07, 6.45) is 1.28. The first-order valence-electron chi connectivity index (χ1n) is 12.3. The molecule has 0 aliphatic rings. The summed E-state index contributed by atoms with van der Waals surface area (Å²) >= 11 is 0. The molecule has 0 radical (unpaired) electrons. The molecule has 0 bridgehead atoms. The number of aryl methyl sites for hydroxylation is 1. The summed E-state index contributed by atoms with van der Waals surface area (Å²) in [5, 5.41) is 2.57. The largest absolute Gasteiger partial charge is 0.491 e. The van der Waals surface area contributed by atoms with Gasteiger partial charge in [-0.2, -0.15) is 0 Å². The predicted octanol–water partition coefficient (Wildman–Crippen LogP) is 5.84. The minimum absolute atomic E-state index is 0.0578. The molecular formula is C29H26F3N3O4S. The van der Waals surface area contributed by atoms with E-state index in [9.17, 15) is 26.4 Å². The first-order valence-corrected chi connectivity index (χ1v) is 13.8. The van der Waals surface area contributed by atoms with E-state index in [0.29, 0.717) is 22.8 Å². The van der Waals surface area contributed by atoms with E-state index < -0.39 is 39.5 Å². The third kappa shape index (κ3) is 6.78. The lowest BCUT2D eigenvalue weighted by molar-refractivity contribution is 0.242. The van der Waals surface area contributed by atoms with Gasteiger partial charge in [-0.1, -0.05) is 30.3 Å². The number of hydrogen-bond donors (Lipinski definition) is 2. The van der Waals surface area contributed by atoms with Crippen LogP contribution in [0.2, 0.25) is 0 Å². The molecule has 7 nitrogen and oxygen atoms in total. The second-order valence-electron chi connectivity index (χ2n) is 8.89. The van der Waals surface area contributed by atoms with Crippen molar-refractivity contribution in [2.24, 2.45) is 0 Å². The van der Waals surface area contributed by atoms with Crippen molar-refractivity contribution < 1.29 is 31.1 Å². The predicted molar refractivity (Wildman–Crippen MR) is 144 cm³/mol. The second kappa shape index (κ2) is 12.2. The maximum Gasteiger partial charge on any atom is 0.329 e. The lowest BCUT2D eigenvalue weighted by atomic mass is 9.95. The Labute approximate surface area is 230 Å². The van der Waals surface area contributed by atoms with Crippen LogP contribution in [0, 0.1) is 24.4 Å². The fraction of sp³-hybridized carbons (Fsp3) is 0.172. The zero-order valence-corrected chi connectivity index (χ0v) is 22.4. The van der Waals surface area contributed by atoms with Crippen LogP contribution in [0.5, 0.6) is 5.75 Å². The second-order valence-corrected chi connectivity index (χ2v) is 10.5. The molecule has 0 fully saturated rings. The zero-order chi connectivity index (χ0) is 28.9. The maximum absolute atomic E-state index is 14.7. The molecule has 40 heavy (non-hydrogen) atoms. The maximum atomic E-state index is 14.7. The highest BCUT2D eigenvalue weighted by Gasteiger charge is 2.25. The fourth-order valence-electron chi connectivity index (χ4n) is 4.28. The zero-order valence-electron chi connectivity index (χ0n) is 21.6. The van der Waals surface area contributed by atoms with Crippen molar-refractivity contribution >= 4 is 16.1 Å². The molecule has 0 saturated heterocycles. The molecule has 4 aromatic rings. The molecule has 4 rings (SSSR count). The molecule has 3 aromatic carbocycles. The summed E-state index contributed by atoms with van der Waals surface area (Å²) in [7, 11) is -4.25. The SMILES string of the molecule is CCOc1ccc(-c2cccnc2[C@H](Cc2cc(F)cc(F)c2)NC(=O)NS(=O)(=O)c2ccccc2C)cc1F. The molecule has 2 amide bonds. The van der Waals surface area contributed by atoms with Crippen molar-refractivity contribution in [2.45, 2.75) is 31.2 Å². The molecule has 11 heteroatoms. The normalized spacial score (nSPS) is 12.0. The van der Waals surface area contributed by atoms with Gasteiger partial charge in [0.25, 0.3) is 10.0 Å². The van der Waals surface area contributed by atoms with Crippen LogP contribution in [0.3, 0.4) is 0 Å². The standard InChI is InChI=1S/C29H26F3N3O4S/c1-3-39-26-11-10-20(16-24(26)32)23-8-6-12-33-28(23)25(15-19-13-21(30)17-22(31)14-19)34-29(36)35-40(37,38)27-9-5-4-7-18(27)2/h4-14,16-17,25H,3,15H2,1-2H3,(H2,34,35,36)/t25-/m0/s1. The van der Waals surface area contributed by atoms with Crippen LogP contribution >= 0.6 is 0 Å². The lowest BCUT2D eigenvalue weighted by Crippen LogP contribution is -2.42. The van der Waals surface area contributed by atoms with Crippen LogP contribution in [0.1, 0.15) is 29.8 Å². The average Bonchev–Trinajstić information content (AvgIpc) is 2.89. The van der Waals surface area contributed by atoms with Crippen LogP contribution in [0.4, 0.5) is 18.0 Å². The van der Waals surface area contributed by atoms with Gasteiger partial charge in [0.2, 0.25) is 0 Å². The van der Waals surface area contributed by atoms with Gasteiger partial charge in [0.05, 0.1) is 23.2 Å². The summed E-state index contributed by atoms with van der Waals surface area (Å²) in [5.74, 6) is -2.21. The minimum atomic E-state index is -4.25. The summed E-state index contributed by atoms with van der Waals surface area (Å²) < 4.78 is 75.7. The van der Waals surface area contributed by atoms with Crippen molar-refractivity contribution in [1.29, 1.82) is 0 Å². The highest BCUT2D eigenvalue weighted by molar-refractivity contribution is 7.90. The number of ether oxygens (including phenoxy) is 1. The van der Waals surface area contributed by atoms with E-state index in [-0.39, 0.29) is 34.9 Å². The van der Waals surface area contributed by atoms with Crippen LogP contribution in [0.15, 0.2) is 83.9 Å². The Morgan fingerprint density at radius 1 is 0.975 bits per heavy atom. The number of nitrogens with zero attached hydrogens (tertiary/aromatic N) is 1. The third-order valence-corrected chi connectivity index (χ3v) is 7.48. The number of sulfonamides is 1. The number of pyridine rings is 1. The minimum Gasteiger partial charge on any atom is -0.491 e. The summed E-state index contributed by atoms with van der Waals surface area (Å²) in [5.41, 5.74) is 1.64. The number of carbonyl (C=O) groups excluding carboxylic acids is 1. The molecule has 1 heterocycles. The Hall–Kier alpha value is -4.38. The van der Waals surface area contributed by atoms with E-state index >= 15 is 0 Å². The van der Waals surface area contributed by atoms with Gasteiger partial charge < -0.3 is 10.1 Å². The molecule has 208 valence electrons. The highest BCUT2D eigenvalue weighted by Crippen LogP contribution is 2.31. The number of rotatable bonds is 9. The molecule has 1 aromatic heterocycles. The molecule has 0 saturated carbocycles. The molecule has 1 atom stereocenters. The average molecular weight is 570 g/mol. The van der Waals surface area contributed by atoms with E-state index in [0.717, 1.165) is 12.1 Å². The van der Waals surface area contributed by atoms with Crippen molar-refractivity contribution in [2.75, 3.05) is 6.61 Å². The number of nitrogens with one attached hydrogen (secondary N) is 2. The van der Waals surface area contributed by atoms with Crippen molar-refractivity contribution in [1.82, 2.24) is 15.0 Å². The molecular weight excluding hydrogens is 543 g/mol. The van der Waals surface area contributed by atoms with Crippen molar-refractivity contribution in [3.63, 3.8) is 0 Å². The van der Waals surface area contributed by atoms with Gasteiger partial charge in [-0.05, 0) is 73.4 Å². The Morgan fingerprint density at radius 3 is 2.38 bits per heavy atom. The van der Waals surface area contributed by atoms with Gasteiger partial charge in [0.1, 0.15) is 11.6 Å². The third-order valence-electron chi connectivity index (χ3n) is 5.99. The number of benzene rings is 3. The quantitative estimate of drug-likeness (QED) is 0.264. The number of hydrogen-bond acceptors (Lipinski definition) is 5. The Bertz CT molecular complexity index is 1630. The number of urea groups is 1. The van der Waals surface area contributed by atoms with E-state index in [2.05, 4.69) is 10.3 Å². The van der Waals surface area contributed by atoms with Crippen LogP contribution in [-0.4, -0.2) is 26.0 Å². The lowest BCUT2D eigenvalue weighted by Gasteiger charge is -2.22. The first-order chi connectivity index (χ1) is 19.1. The first kappa shape index (κ1) is 28.6. The van der Waals surface area contributed by atoms with Gasteiger partial charge in [-0.3, -0.25) is 4.98 Å². The van der Waals surface area contributed by atoms with E-state index in [1.165, 1.54) is 30.5 Å². The van der Waals surface area contributed by atoms with E-state index in [4.69, 9.17) is 4.74 Å². The summed E-state index contributed by atoms with van der Waals surface area (Å²) in [6, 6.07) is 14.4. The van der Waals surface area contributed by atoms with Gasteiger partial charge in [0, 0.05) is 17.8 Å². The van der Waals surface area contributed by atoms with Crippen LogP contribution in [-0.2, 0) is 16.4 Å². The van der Waals surface area contributed by atoms with E-state index in [1.54, 1.807) is 44.2 Å². The van der Waals surface area contributed by atoms with Gasteiger partial charge in [-0.15, -0.1) is 0 Å². The Morgan fingerprint density at radius 2 is 1.70 bits per heavy atom. The fourth-order valence-corrected chi connectivity index (χ4v) is 5.45. The van der Waals surface area contributed by atoms with Gasteiger partial charge >= 0.3 is 6.03 Å². The van der Waals surface area contributed by atoms with Crippen molar-refractivity contribution in [3.8, 4) is 16.9 Å². The van der Waals surface area contributed by atoms with Gasteiger partial charge in [-0.25, -0.2) is 31.1 Å². The number of aromatic nitrogens is 1. The smallest absolute Gasteiger partial charge is 0.329 e. The van der Waals surface area contributed by atoms with Gasteiger partial charge in [0.15, 0.2) is 11.6 Å². The number of amides is 2. The number of carbonyl (C=O) groups is 1. The topological polar surface area (TPSA) is 97.4 Å². The Balaban J connectivity index is 1.72.